The van der Waals surface area contributed by atoms with E-state index >= 15 is 0 Å². The third-order valence-corrected chi connectivity index (χ3v) is 4.87. The molecule has 0 heterocycles. The Morgan fingerprint density at radius 2 is 1.59 bits per heavy atom. The van der Waals surface area contributed by atoms with Gasteiger partial charge in [-0.3, -0.25) is 14.9 Å². The quantitative estimate of drug-likeness (QED) is 0.458. The monoisotopic (exact) mass is 447 g/mol. The van der Waals surface area contributed by atoms with E-state index in [1.54, 1.807) is 48.5 Å². The van der Waals surface area contributed by atoms with E-state index in [0.29, 0.717) is 29.2 Å². The summed E-state index contributed by atoms with van der Waals surface area (Å²) >= 11 is 5.26. The Kier molecular flexibility index (Phi) is 7.94. The summed E-state index contributed by atoms with van der Waals surface area (Å²) in [7, 11) is 0. The number of amides is 2. The molecule has 7 heteroatoms. The number of carbonyl (C=O) groups is 2. The molecule has 32 heavy (non-hydrogen) atoms. The number of nitrogens with one attached hydrogen (secondary N) is 3. The highest BCUT2D eigenvalue weighted by atomic mass is 32.1. The van der Waals surface area contributed by atoms with Crippen LogP contribution in [0.5, 0.6) is 5.75 Å². The second-order valence-electron chi connectivity index (χ2n) is 7.06. The lowest BCUT2D eigenvalue weighted by molar-refractivity contribution is 0.0938. The molecule has 1 atom stereocenters. The molecule has 3 rings (SSSR count). The lowest BCUT2D eigenvalue weighted by Gasteiger charge is -2.15. The topological polar surface area (TPSA) is 79.5 Å². The summed E-state index contributed by atoms with van der Waals surface area (Å²) in [5.74, 6) is 0.0600. The van der Waals surface area contributed by atoms with Gasteiger partial charge in [-0.15, -0.1) is 0 Å². The molecule has 0 aliphatic heterocycles. The Balaban J connectivity index is 1.60. The molecule has 3 N–H and O–H groups in total. The standard InChI is InChI=1S/C25H25N3O3S/c1-3-31-22-14-8-12-20(16-22)24(30)28-25(32)27-21-13-7-11-19(15-21)23(29)26-17(2)18-9-5-4-6-10-18/h4-17H,3H2,1-2H3,(H,26,29)(H2,27,28,30,32). The second-order valence-corrected chi connectivity index (χ2v) is 7.46. The van der Waals surface area contributed by atoms with Gasteiger partial charge >= 0.3 is 0 Å². The highest BCUT2D eigenvalue weighted by Crippen LogP contribution is 2.16. The minimum Gasteiger partial charge on any atom is -0.494 e. The molecule has 3 aromatic carbocycles. The first-order chi connectivity index (χ1) is 15.5. The lowest BCUT2D eigenvalue weighted by Crippen LogP contribution is -2.34. The minimum atomic E-state index is -0.352. The highest BCUT2D eigenvalue weighted by Gasteiger charge is 2.13. The van der Waals surface area contributed by atoms with Crippen molar-refractivity contribution in [3.63, 3.8) is 0 Å². The first-order valence-electron chi connectivity index (χ1n) is 10.3. The summed E-state index contributed by atoms with van der Waals surface area (Å²) in [6, 6.07) is 23.4. The zero-order valence-corrected chi connectivity index (χ0v) is 18.7. The number of benzene rings is 3. The van der Waals surface area contributed by atoms with Crippen LogP contribution in [-0.2, 0) is 0 Å². The fraction of sp³-hybridized carbons (Fsp3) is 0.160. The number of thiocarbonyl (C=S) groups is 1. The first-order valence-corrected chi connectivity index (χ1v) is 10.7. The fourth-order valence-electron chi connectivity index (χ4n) is 3.07. The number of hydrogen-bond donors (Lipinski definition) is 3. The van der Waals surface area contributed by atoms with E-state index in [4.69, 9.17) is 17.0 Å². The van der Waals surface area contributed by atoms with Gasteiger partial charge in [-0.2, -0.15) is 0 Å². The molecule has 0 bridgehead atoms. The van der Waals surface area contributed by atoms with Crippen LogP contribution < -0.4 is 20.7 Å². The molecule has 0 saturated carbocycles. The van der Waals surface area contributed by atoms with E-state index < -0.39 is 0 Å². The summed E-state index contributed by atoms with van der Waals surface area (Å²) in [5.41, 5.74) is 2.53. The Hall–Kier alpha value is -3.71. The summed E-state index contributed by atoms with van der Waals surface area (Å²) in [6.07, 6.45) is 0. The van der Waals surface area contributed by atoms with Crippen LogP contribution in [0.4, 0.5) is 5.69 Å². The molecule has 0 aliphatic rings. The van der Waals surface area contributed by atoms with Crippen LogP contribution in [0.2, 0.25) is 0 Å². The SMILES string of the molecule is CCOc1cccc(C(=O)NC(=S)Nc2cccc(C(=O)NC(C)c3ccccc3)c2)c1. The number of carbonyl (C=O) groups excluding carboxylic acids is 2. The van der Waals surface area contributed by atoms with Crippen LogP contribution in [0, 0.1) is 0 Å². The molecule has 0 saturated heterocycles. The predicted molar refractivity (Wildman–Crippen MR) is 130 cm³/mol. The maximum Gasteiger partial charge on any atom is 0.257 e. The van der Waals surface area contributed by atoms with Crippen molar-refractivity contribution in [3.8, 4) is 5.75 Å². The Morgan fingerprint density at radius 3 is 2.31 bits per heavy atom. The van der Waals surface area contributed by atoms with E-state index in [2.05, 4.69) is 16.0 Å². The summed E-state index contributed by atoms with van der Waals surface area (Å²) in [6.45, 7) is 4.32. The molecule has 0 radical (unpaired) electrons. The van der Waals surface area contributed by atoms with Gasteiger partial charge in [-0.25, -0.2) is 0 Å². The fourth-order valence-corrected chi connectivity index (χ4v) is 3.29. The van der Waals surface area contributed by atoms with Crippen LogP contribution in [0.15, 0.2) is 78.9 Å². The van der Waals surface area contributed by atoms with E-state index in [1.807, 2.05) is 44.2 Å². The number of rotatable bonds is 7. The van der Waals surface area contributed by atoms with Gasteiger partial charge in [0.25, 0.3) is 11.8 Å². The van der Waals surface area contributed by atoms with Crippen molar-refractivity contribution in [3.05, 3.63) is 95.6 Å². The van der Waals surface area contributed by atoms with Gasteiger partial charge in [0.05, 0.1) is 12.6 Å². The third kappa shape index (κ3) is 6.39. The third-order valence-electron chi connectivity index (χ3n) is 4.66. The zero-order valence-electron chi connectivity index (χ0n) is 17.9. The van der Waals surface area contributed by atoms with E-state index in [9.17, 15) is 9.59 Å². The predicted octanol–water partition coefficient (Wildman–Crippen LogP) is 4.70. The molecular weight excluding hydrogens is 422 g/mol. The normalized spacial score (nSPS) is 11.2. The van der Waals surface area contributed by atoms with Crippen LogP contribution in [-0.4, -0.2) is 23.5 Å². The Labute approximate surface area is 193 Å². The van der Waals surface area contributed by atoms with Crippen molar-refractivity contribution in [2.45, 2.75) is 19.9 Å². The van der Waals surface area contributed by atoms with Crippen LogP contribution in [0.3, 0.4) is 0 Å². The van der Waals surface area contributed by atoms with Gasteiger partial charge in [0.1, 0.15) is 5.75 Å². The molecule has 0 aliphatic carbocycles. The van der Waals surface area contributed by atoms with E-state index in [0.717, 1.165) is 5.56 Å². The van der Waals surface area contributed by atoms with Gasteiger partial charge in [-0.1, -0.05) is 42.5 Å². The van der Waals surface area contributed by atoms with Gasteiger partial charge < -0.3 is 15.4 Å². The molecule has 6 nitrogen and oxygen atoms in total. The molecule has 0 aromatic heterocycles. The maximum atomic E-state index is 12.7. The highest BCUT2D eigenvalue weighted by molar-refractivity contribution is 7.80. The van der Waals surface area contributed by atoms with Gasteiger partial charge in [-0.05, 0) is 68.0 Å². The van der Waals surface area contributed by atoms with E-state index in [-0.39, 0.29) is 23.0 Å². The average molecular weight is 448 g/mol. The lowest BCUT2D eigenvalue weighted by atomic mass is 10.1. The molecule has 164 valence electrons. The molecule has 3 aromatic rings. The molecule has 2 amide bonds. The average Bonchev–Trinajstić information content (AvgIpc) is 2.80. The summed E-state index contributed by atoms with van der Waals surface area (Å²) < 4.78 is 5.42. The van der Waals surface area contributed by atoms with Crippen molar-refractivity contribution >= 4 is 34.8 Å². The minimum absolute atomic E-state index is 0.131. The smallest absolute Gasteiger partial charge is 0.257 e. The van der Waals surface area contributed by atoms with Crippen LogP contribution in [0.1, 0.15) is 46.2 Å². The number of ether oxygens (including phenoxy) is 1. The maximum absolute atomic E-state index is 12.7. The van der Waals surface area contributed by atoms with Crippen molar-refractivity contribution < 1.29 is 14.3 Å². The summed E-state index contributed by atoms with van der Waals surface area (Å²) in [4.78, 5) is 25.1. The molecular formula is C25H25N3O3S. The van der Waals surface area contributed by atoms with Crippen LogP contribution in [0.25, 0.3) is 0 Å². The Bertz CT molecular complexity index is 1100. The van der Waals surface area contributed by atoms with Crippen molar-refractivity contribution in [1.29, 1.82) is 0 Å². The Morgan fingerprint density at radius 1 is 0.906 bits per heavy atom. The summed E-state index contributed by atoms with van der Waals surface area (Å²) in [5, 5.41) is 8.71. The van der Waals surface area contributed by atoms with Gasteiger partial charge in [0.2, 0.25) is 0 Å². The number of hydrogen-bond acceptors (Lipinski definition) is 4. The number of anilines is 1. The molecule has 0 spiro atoms. The van der Waals surface area contributed by atoms with Gasteiger partial charge in [0, 0.05) is 16.8 Å². The van der Waals surface area contributed by atoms with Crippen molar-refractivity contribution in [2.75, 3.05) is 11.9 Å². The van der Waals surface area contributed by atoms with Gasteiger partial charge in [0.15, 0.2) is 5.11 Å². The zero-order chi connectivity index (χ0) is 22.9. The first kappa shape index (κ1) is 23.0. The van der Waals surface area contributed by atoms with Crippen LogP contribution >= 0.6 is 12.2 Å². The largest absolute Gasteiger partial charge is 0.494 e. The van der Waals surface area contributed by atoms with E-state index in [1.165, 1.54) is 0 Å². The molecule has 1 unspecified atom stereocenters. The van der Waals surface area contributed by atoms with Crippen molar-refractivity contribution in [1.82, 2.24) is 10.6 Å². The van der Waals surface area contributed by atoms with Crippen molar-refractivity contribution in [2.24, 2.45) is 0 Å². The second kappa shape index (κ2) is 11.1. The molecule has 0 fully saturated rings.